The molecule has 1 aliphatic rings. The summed E-state index contributed by atoms with van der Waals surface area (Å²) in [6.45, 7) is 3.10. The Morgan fingerprint density at radius 1 is 1.28 bits per heavy atom. The number of nitrogens with zero attached hydrogens (tertiary/aromatic N) is 1. The summed E-state index contributed by atoms with van der Waals surface area (Å²) < 4.78 is 0. The minimum atomic E-state index is -0.516. The minimum absolute atomic E-state index is 0.243. The van der Waals surface area contributed by atoms with Crippen LogP contribution in [-0.2, 0) is 0 Å². The maximum atomic E-state index is 12.1. The van der Waals surface area contributed by atoms with Crippen LogP contribution in [0.15, 0.2) is 18.2 Å². The summed E-state index contributed by atoms with van der Waals surface area (Å²) in [4.78, 5) is 25.2. The molecule has 1 unspecified atom stereocenters. The molecule has 1 aliphatic heterocycles. The largest absolute Gasteiger partial charge is 0.394 e. The second kappa shape index (κ2) is 4.63. The fourth-order valence-electron chi connectivity index (χ4n) is 1.96. The summed E-state index contributed by atoms with van der Waals surface area (Å²) in [7, 11) is 0. The van der Waals surface area contributed by atoms with Gasteiger partial charge in [0, 0.05) is 5.56 Å². The molecule has 1 atom stereocenters. The van der Waals surface area contributed by atoms with E-state index in [-0.39, 0.29) is 18.4 Å². The summed E-state index contributed by atoms with van der Waals surface area (Å²) in [5.74, 6) is 4.88. The fraction of sp³-hybridized carbons (Fsp3) is 0.286. The first-order valence-corrected chi connectivity index (χ1v) is 5.65. The predicted octanol–water partition coefficient (Wildman–Crippen LogP) is 1.03. The maximum Gasteiger partial charge on any atom is 0.261 e. The lowest BCUT2D eigenvalue weighted by Crippen LogP contribution is -2.40. The number of imide groups is 1. The first-order valence-electron chi connectivity index (χ1n) is 5.65. The van der Waals surface area contributed by atoms with Crippen molar-refractivity contribution in [1.82, 2.24) is 4.90 Å². The summed E-state index contributed by atoms with van der Waals surface area (Å²) in [5.41, 5.74) is 1.44. The molecule has 2 rings (SSSR count). The second-order valence-corrected chi connectivity index (χ2v) is 4.15. The minimum Gasteiger partial charge on any atom is -0.394 e. The van der Waals surface area contributed by atoms with Crippen molar-refractivity contribution in [3.05, 3.63) is 34.9 Å². The van der Waals surface area contributed by atoms with Gasteiger partial charge in [-0.25, -0.2) is 0 Å². The van der Waals surface area contributed by atoms with E-state index in [1.165, 1.54) is 0 Å². The van der Waals surface area contributed by atoms with E-state index in [9.17, 15) is 9.59 Å². The van der Waals surface area contributed by atoms with Gasteiger partial charge >= 0.3 is 0 Å². The van der Waals surface area contributed by atoms with Crippen LogP contribution in [0.1, 0.15) is 40.1 Å². The number of amides is 2. The SMILES string of the molecule is CC#Cc1ccc2c(c1)C(=O)N(C(C)CO)C2=O. The van der Waals surface area contributed by atoms with Gasteiger partial charge in [-0.05, 0) is 32.0 Å². The zero-order valence-electron chi connectivity index (χ0n) is 10.2. The molecule has 0 spiro atoms. The molecule has 0 aromatic heterocycles. The first-order chi connectivity index (χ1) is 8.60. The van der Waals surface area contributed by atoms with E-state index >= 15 is 0 Å². The number of aliphatic hydroxyl groups is 1. The van der Waals surface area contributed by atoms with Crippen LogP contribution in [0.4, 0.5) is 0 Å². The van der Waals surface area contributed by atoms with Gasteiger partial charge in [0.05, 0.1) is 23.8 Å². The van der Waals surface area contributed by atoms with Crippen LogP contribution >= 0.6 is 0 Å². The molecule has 18 heavy (non-hydrogen) atoms. The summed E-state index contributed by atoms with van der Waals surface area (Å²) in [6.07, 6.45) is 0. The highest BCUT2D eigenvalue weighted by Gasteiger charge is 2.38. The van der Waals surface area contributed by atoms with Crippen LogP contribution < -0.4 is 0 Å². The van der Waals surface area contributed by atoms with Crippen molar-refractivity contribution in [1.29, 1.82) is 0 Å². The molecule has 2 amide bonds. The maximum absolute atomic E-state index is 12.1. The molecule has 0 fully saturated rings. The summed E-state index contributed by atoms with van der Waals surface area (Å²) in [6, 6.07) is 4.43. The third-order valence-electron chi connectivity index (χ3n) is 2.89. The predicted molar refractivity (Wildman–Crippen MR) is 66.0 cm³/mol. The molecule has 0 aliphatic carbocycles. The fourth-order valence-corrected chi connectivity index (χ4v) is 1.96. The molecule has 0 radical (unpaired) electrons. The van der Waals surface area contributed by atoms with Crippen molar-refractivity contribution in [2.24, 2.45) is 0 Å². The first kappa shape index (κ1) is 12.3. The van der Waals surface area contributed by atoms with E-state index in [0.717, 1.165) is 4.90 Å². The molecular weight excluding hydrogens is 230 g/mol. The van der Waals surface area contributed by atoms with Crippen LogP contribution in [0, 0.1) is 11.8 Å². The standard InChI is InChI=1S/C14H13NO3/c1-3-4-10-5-6-11-12(7-10)14(18)15(13(11)17)9(2)8-16/h5-7,9,16H,8H2,1-2H3. The van der Waals surface area contributed by atoms with Gasteiger partial charge < -0.3 is 5.11 Å². The second-order valence-electron chi connectivity index (χ2n) is 4.15. The molecule has 0 saturated carbocycles. The number of benzene rings is 1. The third-order valence-corrected chi connectivity index (χ3v) is 2.89. The Labute approximate surface area is 105 Å². The van der Waals surface area contributed by atoms with E-state index < -0.39 is 6.04 Å². The molecule has 4 nitrogen and oxygen atoms in total. The van der Waals surface area contributed by atoms with Crippen LogP contribution in [0.25, 0.3) is 0 Å². The van der Waals surface area contributed by atoms with Gasteiger partial charge in [0.1, 0.15) is 0 Å². The van der Waals surface area contributed by atoms with Crippen molar-refractivity contribution in [2.45, 2.75) is 19.9 Å². The Bertz CT molecular complexity index is 580. The van der Waals surface area contributed by atoms with Gasteiger partial charge in [0.2, 0.25) is 0 Å². The van der Waals surface area contributed by atoms with Gasteiger partial charge in [-0.2, -0.15) is 0 Å². The number of carbonyl (C=O) groups excluding carboxylic acids is 2. The Morgan fingerprint density at radius 2 is 1.94 bits per heavy atom. The smallest absolute Gasteiger partial charge is 0.261 e. The monoisotopic (exact) mass is 243 g/mol. The van der Waals surface area contributed by atoms with Crippen LogP contribution in [0.2, 0.25) is 0 Å². The number of fused-ring (bicyclic) bond motifs is 1. The van der Waals surface area contributed by atoms with Crippen molar-refractivity contribution in [3.63, 3.8) is 0 Å². The number of carbonyl (C=O) groups is 2. The van der Waals surface area contributed by atoms with Crippen LogP contribution in [0.5, 0.6) is 0 Å². The molecule has 1 N–H and O–H groups in total. The zero-order valence-corrected chi connectivity index (χ0v) is 10.2. The Morgan fingerprint density at radius 3 is 2.56 bits per heavy atom. The number of aliphatic hydroxyl groups excluding tert-OH is 1. The van der Waals surface area contributed by atoms with Gasteiger partial charge in [-0.15, -0.1) is 5.92 Å². The van der Waals surface area contributed by atoms with Gasteiger partial charge in [-0.3, -0.25) is 14.5 Å². The van der Waals surface area contributed by atoms with Gasteiger partial charge in [0.15, 0.2) is 0 Å². The molecule has 0 bridgehead atoms. The van der Waals surface area contributed by atoms with Crippen molar-refractivity contribution in [2.75, 3.05) is 6.61 Å². The zero-order chi connectivity index (χ0) is 13.3. The highest BCUT2D eigenvalue weighted by Crippen LogP contribution is 2.25. The summed E-state index contributed by atoms with van der Waals surface area (Å²) in [5, 5.41) is 9.08. The highest BCUT2D eigenvalue weighted by molar-refractivity contribution is 6.21. The van der Waals surface area contributed by atoms with E-state index in [0.29, 0.717) is 16.7 Å². The average Bonchev–Trinajstić information content (AvgIpc) is 2.61. The molecule has 92 valence electrons. The van der Waals surface area contributed by atoms with Crippen molar-refractivity contribution >= 4 is 11.8 Å². The Balaban J connectivity index is 2.48. The topological polar surface area (TPSA) is 57.6 Å². The Hall–Kier alpha value is -2.12. The molecule has 1 aromatic rings. The lowest BCUT2D eigenvalue weighted by Gasteiger charge is -2.19. The normalized spacial score (nSPS) is 15.2. The van der Waals surface area contributed by atoms with E-state index in [1.807, 2.05) is 0 Å². The lowest BCUT2D eigenvalue weighted by atomic mass is 10.1. The van der Waals surface area contributed by atoms with Gasteiger partial charge in [-0.1, -0.05) is 5.92 Å². The average molecular weight is 243 g/mol. The van der Waals surface area contributed by atoms with E-state index in [2.05, 4.69) is 11.8 Å². The molecule has 4 heteroatoms. The molecule has 1 aromatic carbocycles. The molecular formula is C14H13NO3. The number of rotatable bonds is 2. The van der Waals surface area contributed by atoms with E-state index in [4.69, 9.17) is 5.11 Å². The Kier molecular flexibility index (Phi) is 3.17. The van der Waals surface area contributed by atoms with Crippen molar-refractivity contribution < 1.29 is 14.7 Å². The number of hydrogen-bond acceptors (Lipinski definition) is 3. The van der Waals surface area contributed by atoms with Crippen LogP contribution in [-0.4, -0.2) is 34.5 Å². The van der Waals surface area contributed by atoms with Crippen LogP contribution in [0.3, 0.4) is 0 Å². The third kappa shape index (κ3) is 1.79. The molecule has 0 saturated heterocycles. The lowest BCUT2D eigenvalue weighted by molar-refractivity contribution is 0.0537. The van der Waals surface area contributed by atoms with E-state index in [1.54, 1.807) is 32.0 Å². The molecule has 1 heterocycles. The van der Waals surface area contributed by atoms with Crippen molar-refractivity contribution in [3.8, 4) is 11.8 Å². The van der Waals surface area contributed by atoms with Gasteiger partial charge in [0.25, 0.3) is 11.8 Å². The quantitative estimate of drug-likeness (QED) is 0.623. The highest BCUT2D eigenvalue weighted by atomic mass is 16.3. The number of hydrogen-bond donors (Lipinski definition) is 1. The summed E-state index contributed by atoms with van der Waals surface area (Å²) >= 11 is 0.